The van der Waals surface area contributed by atoms with Gasteiger partial charge in [0.15, 0.2) is 6.04 Å². The first kappa shape index (κ1) is 31.3. The molecule has 0 aliphatic rings. The number of rotatable bonds is 21. The molecule has 33 heavy (non-hydrogen) atoms. The van der Waals surface area contributed by atoms with Crippen LogP contribution in [0.15, 0.2) is 24.3 Å². The summed E-state index contributed by atoms with van der Waals surface area (Å²) in [6, 6.07) is -0.575. The maximum Gasteiger partial charge on any atom is 0.362 e. The molecule has 0 aromatic rings. The van der Waals surface area contributed by atoms with Crippen LogP contribution in [0.2, 0.25) is 0 Å². The molecule has 0 spiro atoms. The number of carboxylic acid groups (broad SMARTS) is 1. The van der Waals surface area contributed by atoms with Crippen molar-refractivity contribution in [1.82, 2.24) is 0 Å². The highest BCUT2D eigenvalue weighted by atomic mass is 16.5. The van der Waals surface area contributed by atoms with E-state index in [4.69, 9.17) is 9.47 Å². The van der Waals surface area contributed by atoms with Crippen molar-refractivity contribution in [2.75, 3.05) is 41.0 Å². The maximum atomic E-state index is 11.8. The zero-order valence-electron chi connectivity index (χ0n) is 21.3. The number of esters is 1. The molecule has 0 aromatic carbocycles. The van der Waals surface area contributed by atoms with Crippen molar-refractivity contribution < 1.29 is 33.8 Å². The number of carbonyl (C=O) groups excluding carboxylic acids is 1. The van der Waals surface area contributed by atoms with E-state index in [2.05, 4.69) is 31.2 Å². The van der Waals surface area contributed by atoms with Gasteiger partial charge in [-0.1, -0.05) is 56.9 Å². The van der Waals surface area contributed by atoms with Gasteiger partial charge in [-0.15, -0.1) is 0 Å². The Balaban J connectivity index is 3.64. The van der Waals surface area contributed by atoms with Gasteiger partial charge in [0, 0.05) is 12.8 Å². The highest BCUT2D eigenvalue weighted by Gasteiger charge is 2.30. The fourth-order valence-electron chi connectivity index (χ4n) is 3.30. The molecule has 0 aliphatic heterocycles. The molecular formula is C26H48NO6+. The third-order valence-electron chi connectivity index (χ3n) is 5.32. The van der Waals surface area contributed by atoms with Crippen molar-refractivity contribution in [1.29, 1.82) is 0 Å². The Morgan fingerprint density at radius 2 is 1.55 bits per heavy atom. The molecule has 2 atom stereocenters. The number of allylic oxidation sites excluding steroid dienone is 4. The number of nitrogens with zero attached hydrogens (tertiary/aromatic N) is 1. The van der Waals surface area contributed by atoms with E-state index in [-0.39, 0.29) is 25.8 Å². The Morgan fingerprint density at radius 3 is 2.18 bits per heavy atom. The fourth-order valence-corrected chi connectivity index (χ4v) is 3.30. The molecule has 0 saturated carbocycles. The summed E-state index contributed by atoms with van der Waals surface area (Å²) in [5, 5.41) is 19.2. The van der Waals surface area contributed by atoms with Crippen LogP contribution in [0, 0.1) is 0 Å². The van der Waals surface area contributed by atoms with Gasteiger partial charge in [0.2, 0.25) is 0 Å². The number of carboxylic acids is 1. The van der Waals surface area contributed by atoms with Crippen molar-refractivity contribution in [3.05, 3.63) is 24.3 Å². The summed E-state index contributed by atoms with van der Waals surface area (Å²) in [5.74, 6) is -1.17. The van der Waals surface area contributed by atoms with Gasteiger partial charge in [-0.25, -0.2) is 4.79 Å². The third kappa shape index (κ3) is 19.5. The Kier molecular flexibility index (Phi) is 18.7. The Labute approximate surface area is 201 Å². The molecule has 0 heterocycles. The number of aliphatic hydroxyl groups excluding tert-OH is 1. The van der Waals surface area contributed by atoms with Gasteiger partial charge in [-0.05, 0) is 32.1 Å². The third-order valence-corrected chi connectivity index (χ3v) is 5.32. The Morgan fingerprint density at radius 1 is 0.909 bits per heavy atom. The SMILES string of the molecule is CCC/C=C\C/C=C\CCCCCCCC(=O)OCC(O)COCCC(C(=O)O)[N+](C)(C)C. The molecule has 0 bridgehead atoms. The van der Waals surface area contributed by atoms with Gasteiger partial charge in [0.1, 0.15) is 12.7 Å². The monoisotopic (exact) mass is 470 g/mol. The van der Waals surface area contributed by atoms with Gasteiger partial charge < -0.3 is 24.2 Å². The zero-order valence-corrected chi connectivity index (χ0v) is 21.3. The average molecular weight is 471 g/mol. The lowest BCUT2D eigenvalue weighted by Gasteiger charge is -2.31. The highest BCUT2D eigenvalue weighted by molar-refractivity contribution is 5.72. The lowest BCUT2D eigenvalue weighted by Crippen LogP contribution is -2.50. The molecule has 2 unspecified atom stereocenters. The van der Waals surface area contributed by atoms with Gasteiger partial charge in [-0.2, -0.15) is 0 Å². The van der Waals surface area contributed by atoms with Crippen LogP contribution in [0.4, 0.5) is 0 Å². The summed E-state index contributed by atoms with van der Waals surface area (Å²) >= 11 is 0. The maximum absolute atomic E-state index is 11.8. The van der Waals surface area contributed by atoms with E-state index in [9.17, 15) is 19.8 Å². The molecule has 192 valence electrons. The number of unbranched alkanes of at least 4 members (excludes halogenated alkanes) is 6. The number of hydrogen-bond acceptors (Lipinski definition) is 5. The minimum Gasteiger partial charge on any atom is -0.477 e. The summed E-state index contributed by atoms with van der Waals surface area (Å²) in [5.41, 5.74) is 0. The lowest BCUT2D eigenvalue weighted by atomic mass is 10.1. The topological polar surface area (TPSA) is 93.1 Å². The van der Waals surface area contributed by atoms with Crippen LogP contribution < -0.4 is 0 Å². The van der Waals surface area contributed by atoms with E-state index >= 15 is 0 Å². The van der Waals surface area contributed by atoms with E-state index < -0.39 is 18.1 Å². The lowest BCUT2D eigenvalue weighted by molar-refractivity contribution is -0.887. The summed E-state index contributed by atoms with van der Waals surface area (Å²) in [7, 11) is 5.46. The molecule has 0 rings (SSSR count). The minimum absolute atomic E-state index is 0.0141. The molecule has 7 heteroatoms. The second-order valence-electron chi connectivity index (χ2n) is 9.44. The first-order valence-electron chi connectivity index (χ1n) is 12.4. The summed E-state index contributed by atoms with van der Waals surface area (Å²) in [6.07, 6.45) is 18.4. The number of likely N-dealkylation sites (N-methyl/N-ethyl adjacent to an activating group) is 1. The molecule has 7 nitrogen and oxygen atoms in total. The predicted octanol–water partition coefficient (Wildman–Crippen LogP) is 4.49. The van der Waals surface area contributed by atoms with Crippen molar-refractivity contribution in [3.8, 4) is 0 Å². The summed E-state index contributed by atoms with van der Waals surface area (Å²) in [6.45, 7) is 2.32. The van der Waals surface area contributed by atoms with Gasteiger partial charge in [0.05, 0.1) is 34.4 Å². The molecule has 0 radical (unpaired) electrons. The second kappa shape index (κ2) is 19.7. The number of ether oxygens (including phenoxy) is 2. The standard InChI is InChI=1S/C26H47NO6/c1-5-6-7-8-9-10-11-12-13-14-15-16-17-18-25(29)33-22-23(28)21-32-20-19-24(26(30)31)27(2,3)4/h7-8,10-11,23-24,28H,5-6,9,12-22H2,1-4H3/p+1/b8-7-,11-10-. The van der Waals surface area contributed by atoms with Crippen molar-refractivity contribution in [2.45, 2.75) is 89.7 Å². The zero-order chi connectivity index (χ0) is 25.0. The van der Waals surface area contributed by atoms with Crippen molar-refractivity contribution >= 4 is 11.9 Å². The largest absolute Gasteiger partial charge is 0.477 e. The quantitative estimate of drug-likeness (QED) is 0.111. The molecule has 2 N–H and O–H groups in total. The first-order chi connectivity index (χ1) is 15.7. The first-order valence-corrected chi connectivity index (χ1v) is 12.4. The van der Waals surface area contributed by atoms with E-state index in [1.54, 1.807) is 0 Å². The Bertz CT molecular complexity index is 568. The van der Waals surface area contributed by atoms with Crippen LogP contribution in [-0.2, 0) is 19.1 Å². The molecule has 0 fully saturated rings. The molecular weight excluding hydrogens is 422 g/mol. The normalized spacial score (nSPS) is 14.1. The summed E-state index contributed by atoms with van der Waals surface area (Å²) < 4.78 is 10.8. The number of carbonyl (C=O) groups is 2. The molecule has 0 aliphatic carbocycles. The van der Waals surface area contributed by atoms with Gasteiger partial charge in [0.25, 0.3) is 0 Å². The van der Waals surface area contributed by atoms with E-state index in [0.29, 0.717) is 17.3 Å². The van der Waals surface area contributed by atoms with E-state index in [0.717, 1.165) is 44.9 Å². The van der Waals surface area contributed by atoms with E-state index in [1.807, 2.05) is 21.1 Å². The molecule has 0 aromatic heterocycles. The molecule has 0 saturated heterocycles. The van der Waals surface area contributed by atoms with E-state index in [1.165, 1.54) is 12.8 Å². The van der Waals surface area contributed by atoms with Crippen LogP contribution in [0.5, 0.6) is 0 Å². The van der Waals surface area contributed by atoms with Crippen LogP contribution >= 0.6 is 0 Å². The smallest absolute Gasteiger partial charge is 0.362 e. The van der Waals surface area contributed by atoms with Crippen molar-refractivity contribution in [2.24, 2.45) is 0 Å². The second-order valence-corrected chi connectivity index (χ2v) is 9.44. The fraction of sp³-hybridized carbons (Fsp3) is 0.769. The van der Waals surface area contributed by atoms with Crippen LogP contribution in [0.25, 0.3) is 0 Å². The van der Waals surface area contributed by atoms with Gasteiger partial charge >= 0.3 is 11.9 Å². The number of aliphatic hydroxyl groups is 1. The Hall–Kier alpha value is -1.70. The molecule has 0 amide bonds. The number of hydrogen-bond donors (Lipinski definition) is 2. The van der Waals surface area contributed by atoms with Crippen LogP contribution in [0.3, 0.4) is 0 Å². The number of aliphatic carboxylic acids is 1. The number of quaternary nitrogens is 1. The predicted molar refractivity (Wildman–Crippen MR) is 132 cm³/mol. The van der Waals surface area contributed by atoms with Gasteiger partial charge in [-0.3, -0.25) is 4.79 Å². The van der Waals surface area contributed by atoms with Crippen LogP contribution in [0.1, 0.15) is 77.6 Å². The van der Waals surface area contributed by atoms with Crippen molar-refractivity contribution in [3.63, 3.8) is 0 Å². The minimum atomic E-state index is -0.906. The summed E-state index contributed by atoms with van der Waals surface area (Å²) in [4.78, 5) is 23.1. The van der Waals surface area contributed by atoms with Crippen LogP contribution in [-0.4, -0.2) is 79.7 Å². The highest BCUT2D eigenvalue weighted by Crippen LogP contribution is 2.10. The average Bonchev–Trinajstić information content (AvgIpc) is 2.74.